The lowest BCUT2D eigenvalue weighted by Crippen LogP contribution is -2.45. The van der Waals surface area contributed by atoms with Crippen molar-refractivity contribution in [3.63, 3.8) is 0 Å². The molecule has 2 aromatic rings. The van der Waals surface area contributed by atoms with Crippen molar-refractivity contribution >= 4 is 23.4 Å². The molecule has 2 saturated heterocycles. The van der Waals surface area contributed by atoms with Gasteiger partial charge in [0.2, 0.25) is 5.91 Å². The third-order valence-electron chi connectivity index (χ3n) is 4.85. The SMILES string of the molecule is Cc1cc(C(=O)N2CCCN2C(=O)c2ccc(N3CCCC3=O)cc2)no1. The van der Waals surface area contributed by atoms with E-state index in [4.69, 9.17) is 4.52 Å². The predicted octanol–water partition coefficient (Wildman–Crippen LogP) is 2.01. The summed E-state index contributed by atoms with van der Waals surface area (Å²) >= 11 is 0. The number of nitrogens with zero attached hydrogens (tertiary/aromatic N) is 4. The first kappa shape index (κ1) is 17.3. The molecule has 2 fully saturated rings. The molecule has 140 valence electrons. The van der Waals surface area contributed by atoms with Crippen LogP contribution in [0.3, 0.4) is 0 Å². The largest absolute Gasteiger partial charge is 0.361 e. The molecule has 0 unspecified atom stereocenters. The number of hydrogen-bond acceptors (Lipinski definition) is 5. The molecule has 0 atom stereocenters. The van der Waals surface area contributed by atoms with Crippen LogP contribution in [-0.4, -0.2) is 52.5 Å². The molecular formula is C19H20N4O4. The van der Waals surface area contributed by atoms with Crippen LogP contribution >= 0.6 is 0 Å². The van der Waals surface area contributed by atoms with Gasteiger partial charge in [-0.2, -0.15) is 0 Å². The molecule has 2 aliphatic rings. The Morgan fingerprint density at radius 3 is 2.30 bits per heavy atom. The second kappa shape index (κ2) is 6.86. The normalized spacial score (nSPS) is 17.1. The van der Waals surface area contributed by atoms with E-state index in [1.807, 2.05) is 0 Å². The third kappa shape index (κ3) is 3.18. The van der Waals surface area contributed by atoms with Gasteiger partial charge in [0.1, 0.15) is 5.76 Å². The molecule has 3 heterocycles. The second-order valence-corrected chi connectivity index (χ2v) is 6.73. The van der Waals surface area contributed by atoms with Crippen LogP contribution in [0.2, 0.25) is 0 Å². The molecule has 0 bridgehead atoms. The molecule has 1 aromatic carbocycles. The van der Waals surface area contributed by atoms with E-state index in [9.17, 15) is 14.4 Å². The van der Waals surface area contributed by atoms with Crippen molar-refractivity contribution < 1.29 is 18.9 Å². The highest BCUT2D eigenvalue weighted by Gasteiger charge is 2.33. The highest BCUT2D eigenvalue weighted by atomic mass is 16.5. The van der Waals surface area contributed by atoms with Crippen LogP contribution in [0.5, 0.6) is 0 Å². The van der Waals surface area contributed by atoms with E-state index in [1.165, 1.54) is 10.0 Å². The quantitative estimate of drug-likeness (QED) is 0.827. The Morgan fingerprint density at radius 1 is 1.00 bits per heavy atom. The first-order valence-corrected chi connectivity index (χ1v) is 9.02. The van der Waals surface area contributed by atoms with Gasteiger partial charge in [0.25, 0.3) is 11.8 Å². The van der Waals surface area contributed by atoms with Crippen molar-refractivity contribution in [2.75, 3.05) is 24.5 Å². The molecule has 0 saturated carbocycles. The zero-order valence-corrected chi connectivity index (χ0v) is 15.1. The van der Waals surface area contributed by atoms with Gasteiger partial charge in [-0.3, -0.25) is 14.4 Å². The summed E-state index contributed by atoms with van der Waals surface area (Å²) in [6, 6.07) is 8.51. The number of hydrazine groups is 1. The van der Waals surface area contributed by atoms with E-state index in [-0.39, 0.29) is 23.4 Å². The number of aromatic nitrogens is 1. The number of amides is 3. The molecule has 4 rings (SSSR count). The van der Waals surface area contributed by atoms with E-state index in [1.54, 1.807) is 42.2 Å². The lowest BCUT2D eigenvalue weighted by molar-refractivity contribution is -0.117. The smallest absolute Gasteiger partial charge is 0.294 e. The predicted molar refractivity (Wildman–Crippen MR) is 96.0 cm³/mol. The van der Waals surface area contributed by atoms with Gasteiger partial charge in [0.05, 0.1) is 0 Å². The van der Waals surface area contributed by atoms with Crippen molar-refractivity contribution in [2.24, 2.45) is 0 Å². The van der Waals surface area contributed by atoms with Crippen LogP contribution in [0.1, 0.15) is 45.9 Å². The molecule has 27 heavy (non-hydrogen) atoms. The fourth-order valence-corrected chi connectivity index (χ4v) is 3.49. The van der Waals surface area contributed by atoms with E-state index >= 15 is 0 Å². The van der Waals surface area contributed by atoms with E-state index in [2.05, 4.69) is 5.16 Å². The van der Waals surface area contributed by atoms with Crippen LogP contribution in [-0.2, 0) is 4.79 Å². The topological polar surface area (TPSA) is 87.0 Å². The standard InChI is InChI=1S/C19H20N4O4/c1-13-12-16(20-27-13)19(26)23-11-3-10-22(23)18(25)14-5-7-15(8-6-14)21-9-2-4-17(21)24/h5-8,12H,2-4,9-11H2,1H3. The Morgan fingerprint density at radius 2 is 1.70 bits per heavy atom. The highest BCUT2D eigenvalue weighted by molar-refractivity contribution is 5.99. The molecule has 0 N–H and O–H groups in total. The van der Waals surface area contributed by atoms with Gasteiger partial charge in [-0.05, 0) is 44.0 Å². The summed E-state index contributed by atoms with van der Waals surface area (Å²) in [7, 11) is 0. The van der Waals surface area contributed by atoms with Crippen molar-refractivity contribution in [1.82, 2.24) is 15.2 Å². The lowest BCUT2D eigenvalue weighted by Gasteiger charge is -2.27. The average molecular weight is 368 g/mol. The monoisotopic (exact) mass is 368 g/mol. The number of aryl methyl sites for hydroxylation is 1. The van der Waals surface area contributed by atoms with Gasteiger partial charge >= 0.3 is 0 Å². The zero-order chi connectivity index (χ0) is 19.0. The van der Waals surface area contributed by atoms with Gasteiger partial charge in [-0.15, -0.1) is 0 Å². The Hall–Kier alpha value is -3.16. The molecule has 0 spiro atoms. The minimum absolute atomic E-state index is 0.105. The summed E-state index contributed by atoms with van der Waals surface area (Å²) < 4.78 is 4.96. The van der Waals surface area contributed by atoms with Gasteiger partial charge in [0, 0.05) is 43.4 Å². The van der Waals surface area contributed by atoms with Crippen molar-refractivity contribution in [2.45, 2.75) is 26.2 Å². The third-order valence-corrected chi connectivity index (χ3v) is 4.85. The van der Waals surface area contributed by atoms with Crippen LogP contribution in [0.15, 0.2) is 34.9 Å². The van der Waals surface area contributed by atoms with E-state index in [0.717, 1.165) is 12.1 Å². The Bertz CT molecular complexity index is 889. The van der Waals surface area contributed by atoms with Crippen LogP contribution in [0.4, 0.5) is 5.69 Å². The zero-order valence-electron chi connectivity index (χ0n) is 15.1. The summed E-state index contributed by atoms with van der Waals surface area (Å²) in [6.07, 6.45) is 2.12. The van der Waals surface area contributed by atoms with E-state index in [0.29, 0.717) is 43.8 Å². The minimum Gasteiger partial charge on any atom is -0.361 e. The van der Waals surface area contributed by atoms with Gasteiger partial charge < -0.3 is 9.42 Å². The number of carbonyl (C=O) groups excluding carboxylic acids is 3. The van der Waals surface area contributed by atoms with Crippen LogP contribution in [0.25, 0.3) is 0 Å². The minimum atomic E-state index is -0.350. The van der Waals surface area contributed by atoms with Crippen molar-refractivity contribution in [1.29, 1.82) is 0 Å². The number of hydrogen-bond donors (Lipinski definition) is 0. The fraction of sp³-hybridized carbons (Fsp3) is 0.368. The van der Waals surface area contributed by atoms with Gasteiger partial charge in [-0.1, -0.05) is 5.16 Å². The van der Waals surface area contributed by atoms with Crippen LogP contribution < -0.4 is 4.90 Å². The van der Waals surface area contributed by atoms with E-state index < -0.39 is 0 Å². The summed E-state index contributed by atoms with van der Waals surface area (Å²) in [5, 5.41) is 6.61. The maximum absolute atomic E-state index is 12.9. The number of rotatable bonds is 3. The summed E-state index contributed by atoms with van der Waals surface area (Å²) in [5.41, 5.74) is 1.46. The Kier molecular flexibility index (Phi) is 4.39. The molecular weight excluding hydrogens is 348 g/mol. The number of carbonyl (C=O) groups is 3. The molecule has 0 radical (unpaired) electrons. The van der Waals surface area contributed by atoms with Crippen molar-refractivity contribution in [3.05, 3.63) is 47.3 Å². The molecule has 0 aliphatic carbocycles. The fourth-order valence-electron chi connectivity index (χ4n) is 3.49. The summed E-state index contributed by atoms with van der Waals surface area (Å²) in [6.45, 7) is 3.34. The molecule has 3 amide bonds. The number of benzene rings is 1. The maximum atomic E-state index is 12.9. The van der Waals surface area contributed by atoms with Crippen LogP contribution in [0, 0.1) is 6.92 Å². The first-order valence-electron chi connectivity index (χ1n) is 9.02. The highest BCUT2D eigenvalue weighted by Crippen LogP contribution is 2.23. The van der Waals surface area contributed by atoms with Crippen molar-refractivity contribution in [3.8, 4) is 0 Å². The Balaban J connectivity index is 1.51. The molecule has 8 nitrogen and oxygen atoms in total. The second-order valence-electron chi connectivity index (χ2n) is 6.73. The molecule has 1 aromatic heterocycles. The lowest BCUT2D eigenvalue weighted by atomic mass is 10.2. The summed E-state index contributed by atoms with van der Waals surface area (Å²) in [4.78, 5) is 39.1. The van der Waals surface area contributed by atoms with Gasteiger partial charge in [-0.25, -0.2) is 10.0 Å². The maximum Gasteiger partial charge on any atom is 0.294 e. The first-order chi connectivity index (χ1) is 13.0. The number of anilines is 1. The van der Waals surface area contributed by atoms with Gasteiger partial charge in [0.15, 0.2) is 5.69 Å². The molecule has 2 aliphatic heterocycles. The average Bonchev–Trinajstić information content (AvgIpc) is 3.41. The molecule has 8 heteroatoms. The summed E-state index contributed by atoms with van der Waals surface area (Å²) in [5.74, 6) is 0.0492. The Labute approximate surface area is 156 Å².